The molecule has 0 aliphatic carbocycles. The Hall–Kier alpha value is -4.26. The number of aromatic nitrogens is 3. The Balaban J connectivity index is 1.71. The number of sulfone groups is 1. The zero-order valence-corrected chi connectivity index (χ0v) is 23.1. The van der Waals surface area contributed by atoms with Crippen LogP contribution in [0.4, 0.5) is 17.6 Å². The molecule has 0 N–H and O–H groups in total. The molecule has 2 unspecified atom stereocenters. The van der Waals surface area contributed by atoms with Gasteiger partial charge in [0.05, 0.1) is 17.7 Å². The SMILES string of the molecule is COc1ncc(C2OC(C)=NC2c2cc(-c3cccc(S(C)(=O)=O)c3)ccc2-n2cc(C(F)(F)F)nc2C)cc1F. The molecule has 13 heteroatoms. The van der Waals surface area contributed by atoms with Crippen LogP contribution in [0.25, 0.3) is 16.8 Å². The summed E-state index contributed by atoms with van der Waals surface area (Å²) in [4.78, 5) is 12.4. The average molecular weight is 589 g/mol. The molecule has 2 aromatic heterocycles. The number of aryl methyl sites for hydroxylation is 1. The molecule has 1 aliphatic heterocycles. The Bertz CT molecular complexity index is 1780. The van der Waals surface area contributed by atoms with E-state index in [0.717, 1.165) is 12.5 Å². The van der Waals surface area contributed by atoms with Crippen molar-refractivity contribution in [2.24, 2.45) is 4.99 Å². The van der Waals surface area contributed by atoms with Gasteiger partial charge in [0.25, 0.3) is 0 Å². The zero-order chi connectivity index (χ0) is 29.7. The lowest BCUT2D eigenvalue weighted by atomic mass is 9.92. The molecule has 214 valence electrons. The summed E-state index contributed by atoms with van der Waals surface area (Å²) in [5, 5.41) is 0. The number of nitrogens with zero attached hydrogens (tertiary/aromatic N) is 4. The normalized spacial score (nSPS) is 17.3. The number of benzene rings is 2. The van der Waals surface area contributed by atoms with Crippen LogP contribution in [-0.4, -0.2) is 42.2 Å². The summed E-state index contributed by atoms with van der Waals surface area (Å²) in [6.45, 7) is 3.06. The fourth-order valence-electron chi connectivity index (χ4n) is 4.72. The number of hydrogen-bond acceptors (Lipinski definition) is 7. The smallest absolute Gasteiger partial charge is 0.434 e. The number of hydrogen-bond donors (Lipinski definition) is 0. The minimum Gasteiger partial charge on any atom is -0.479 e. The van der Waals surface area contributed by atoms with Crippen LogP contribution >= 0.6 is 0 Å². The van der Waals surface area contributed by atoms with Gasteiger partial charge in [0.15, 0.2) is 33.4 Å². The van der Waals surface area contributed by atoms with Crippen LogP contribution in [0, 0.1) is 12.7 Å². The molecule has 3 heterocycles. The lowest BCUT2D eigenvalue weighted by Crippen LogP contribution is -2.12. The van der Waals surface area contributed by atoms with Gasteiger partial charge in [-0.3, -0.25) is 0 Å². The number of rotatable bonds is 6. The molecule has 0 amide bonds. The molecule has 0 saturated carbocycles. The summed E-state index contributed by atoms with van der Waals surface area (Å²) in [5.41, 5.74) is 1.20. The maximum atomic E-state index is 14.6. The average Bonchev–Trinajstić information content (AvgIpc) is 3.50. The molecule has 5 rings (SSSR count). The lowest BCUT2D eigenvalue weighted by molar-refractivity contribution is -0.141. The Morgan fingerprint density at radius 2 is 1.78 bits per heavy atom. The van der Waals surface area contributed by atoms with Crippen molar-refractivity contribution in [2.75, 3.05) is 13.4 Å². The highest BCUT2D eigenvalue weighted by atomic mass is 32.2. The zero-order valence-electron chi connectivity index (χ0n) is 22.3. The number of alkyl halides is 3. The summed E-state index contributed by atoms with van der Waals surface area (Å²) in [6.07, 6.45) is -2.15. The standard InChI is InChI=1S/C28H24F4N4O4S/c1-15-34-24(28(30,31)32)14-36(15)23-9-8-18(17-6-5-7-20(10-17)41(4,37)38)11-21(23)25-26(40-16(2)35-25)19-12-22(29)27(39-3)33-13-19/h5-14,25-26H,1-4H3. The highest BCUT2D eigenvalue weighted by Crippen LogP contribution is 2.44. The Labute approximate surface area is 233 Å². The molecular formula is C28H24F4N4O4S. The van der Waals surface area contributed by atoms with E-state index in [0.29, 0.717) is 27.9 Å². The Morgan fingerprint density at radius 1 is 1.05 bits per heavy atom. The highest BCUT2D eigenvalue weighted by Gasteiger charge is 2.37. The summed E-state index contributed by atoms with van der Waals surface area (Å²) < 4.78 is 91.7. The van der Waals surface area contributed by atoms with Gasteiger partial charge in [-0.25, -0.2) is 27.8 Å². The molecule has 2 aromatic carbocycles. The van der Waals surface area contributed by atoms with Crippen molar-refractivity contribution >= 4 is 15.7 Å². The second-order valence-electron chi connectivity index (χ2n) is 9.51. The first-order valence-corrected chi connectivity index (χ1v) is 14.1. The van der Waals surface area contributed by atoms with Gasteiger partial charge in [-0.15, -0.1) is 0 Å². The second-order valence-corrected chi connectivity index (χ2v) is 11.5. The van der Waals surface area contributed by atoms with E-state index in [1.54, 1.807) is 37.3 Å². The first-order valence-electron chi connectivity index (χ1n) is 12.2. The molecule has 0 bridgehead atoms. The monoisotopic (exact) mass is 588 g/mol. The quantitative estimate of drug-likeness (QED) is 0.255. The molecule has 2 atom stereocenters. The molecule has 0 fully saturated rings. The van der Waals surface area contributed by atoms with Crippen molar-refractivity contribution in [3.05, 3.63) is 89.4 Å². The van der Waals surface area contributed by atoms with Crippen LogP contribution in [0.5, 0.6) is 5.88 Å². The lowest BCUT2D eigenvalue weighted by Gasteiger charge is -2.22. The van der Waals surface area contributed by atoms with Crippen LogP contribution in [0.3, 0.4) is 0 Å². The third kappa shape index (κ3) is 5.53. The predicted octanol–water partition coefficient (Wildman–Crippen LogP) is 6.04. The summed E-state index contributed by atoms with van der Waals surface area (Å²) >= 11 is 0. The molecule has 1 aliphatic rings. The van der Waals surface area contributed by atoms with Gasteiger partial charge >= 0.3 is 6.18 Å². The third-order valence-corrected chi connectivity index (χ3v) is 7.74. The number of pyridine rings is 1. The summed E-state index contributed by atoms with van der Waals surface area (Å²) in [5.74, 6) is -0.560. The number of ether oxygens (including phenoxy) is 2. The largest absolute Gasteiger partial charge is 0.479 e. The minimum absolute atomic E-state index is 0.0822. The van der Waals surface area contributed by atoms with Crippen LogP contribution in [-0.2, 0) is 20.8 Å². The number of imidazole rings is 1. The maximum Gasteiger partial charge on any atom is 0.434 e. The number of aliphatic imine (C=N–C) groups is 1. The number of halogens is 4. The van der Waals surface area contributed by atoms with Crippen molar-refractivity contribution in [3.63, 3.8) is 0 Å². The van der Waals surface area contributed by atoms with Crippen LogP contribution in [0.2, 0.25) is 0 Å². The van der Waals surface area contributed by atoms with Crippen LogP contribution in [0.1, 0.15) is 41.7 Å². The van der Waals surface area contributed by atoms with Gasteiger partial charge in [0, 0.05) is 36.7 Å². The molecule has 4 aromatic rings. The molecule has 8 nitrogen and oxygen atoms in total. The van der Waals surface area contributed by atoms with Gasteiger partial charge in [0.2, 0.25) is 5.88 Å². The van der Waals surface area contributed by atoms with Crippen molar-refractivity contribution in [1.29, 1.82) is 0 Å². The highest BCUT2D eigenvalue weighted by molar-refractivity contribution is 7.90. The van der Waals surface area contributed by atoms with Gasteiger partial charge in [0.1, 0.15) is 11.9 Å². The van der Waals surface area contributed by atoms with E-state index in [1.165, 1.54) is 43.0 Å². The van der Waals surface area contributed by atoms with E-state index in [2.05, 4.69) is 15.0 Å². The van der Waals surface area contributed by atoms with Crippen molar-refractivity contribution < 1.29 is 35.5 Å². The third-order valence-electron chi connectivity index (χ3n) is 6.63. The molecule has 0 spiro atoms. The fourth-order valence-corrected chi connectivity index (χ4v) is 5.39. The Kier molecular flexibility index (Phi) is 7.10. The van der Waals surface area contributed by atoms with E-state index in [9.17, 15) is 26.0 Å². The van der Waals surface area contributed by atoms with Crippen molar-refractivity contribution in [3.8, 4) is 22.7 Å². The van der Waals surface area contributed by atoms with Gasteiger partial charge in [-0.2, -0.15) is 13.2 Å². The van der Waals surface area contributed by atoms with Crippen molar-refractivity contribution in [1.82, 2.24) is 14.5 Å². The van der Waals surface area contributed by atoms with E-state index in [1.807, 2.05) is 0 Å². The van der Waals surface area contributed by atoms with Gasteiger partial charge in [-0.1, -0.05) is 18.2 Å². The Morgan fingerprint density at radius 3 is 2.41 bits per heavy atom. The van der Waals surface area contributed by atoms with Crippen LogP contribution < -0.4 is 4.74 Å². The van der Waals surface area contributed by atoms with Gasteiger partial charge in [-0.05, 0) is 48.4 Å². The molecule has 41 heavy (non-hydrogen) atoms. The van der Waals surface area contributed by atoms with Crippen LogP contribution in [0.15, 0.2) is 70.8 Å². The van der Waals surface area contributed by atoms with E-state index in [-0.39, 0.29) is 22.5 Å². The van der Waals surface area contributed by atoms with E-state index >= 15 is 0 Å². The summed E-state index contributed by atoms with van der Waals surface area (Å²) in [7, 11) is -2.22. The fraction of sp³-hybridized carbons (Fsp3) is 0.250. The molecule has 0 saturated heterocycles. The van der Waals surface area contributed by atoms with E-state index in [4.69, 9.17) is 9.47 Å². The summed E-state index contributed by atoms with van der Waals surface area (Å²) in [6, 6.07) is 11.7. The molecular weight excluding hydrogens is 564 g/mol. The number of methoxy groups -OCH3 is 1. The maximum absolute atomic E-state index is 14.6. The first kappa shape index (κ1) is 28.3. The predicted molar refractivity (Wildman–Crippen MR) is 142 cm³/mol. The van der Waals surface area contributed by atoms with E-state index < -0.39 is 39.7 Å². The topological polar surface area (TPSA) is 95.7 Å². The second kappa shape index (κ2) is 10.3. The minimum atomic E-state index is -4.66. The molecule has 0 radical (unpaired) electrons. The van der Waals surface area contributed by atoms with Gasteiger partial charge < -0.3 is 14.0 Å². The van der Waals surface area contributed by atoms with Crippen molar-refractivity contribution in [2.45, 2.75) is 37.1 Å². The first-order chi connectivity index (χ1) is 19.3.